The van der Waals surface area contributed by atoms with Gasteiger partial charge in [0.1, 0.15) is 91.6 Å². The molecule has 4 aliphatic heterocycles. The van der Waals surface area contributed by atoms with Crippen LogP contribution in [-0.4, -0.2) is 232 Å². The Bertz CT molecular complexity index is 1940. The van der Waals surface area contributed by atoms with E-state index < -0.39 is 165 Å². The molecule has 4 aliphatic carbocycles. The minimum atomic E-state index is -1.81. The highest BCUT2D eigenvalue weighted by Gasteiger charge is 2.72. The summed E-state index contributed by atoms with van der Waals surface area (Å²) < 4.78 is 48.8. The molecular formula is C53H90O22. The Labute approximate surface area is 439 Å². The fourth-order valence-corrected chi connectivity index (χ4v) is 16.0. The van der Waals surface area contributed by atoms with Crippen LogP contribution in [0.5, 0.6) is 0 Å². The van der Waals surface area contributed by atoms with Gasteiger partial charge in [0.2, 0.25) is 0 Å². The van der Waals surface area contributed by atoms with E-state index in [4.69, 9.17) is 37.9 Å². The van der Waals surface area contributed by atoms with Crippen LogP contribution < -0.4 is 0 Å². The van der Waals surface area contributed by atoms with E-state index >= 15 is 0 Å². The highest BCUT2D eigenvalue weighted by Crippen LogP contribution is 2.76. The number of aliphatic hydroxyl groups is 14. The van der Waals surface area contributed by atoms with E-state index in [0.717, 1.165) is 24.8 Å². The second-order valence-corrected chi connectivity index (χ2v) is 25.3. The molecule has 4 saturated carbocycles. The van der Waals surface area contributed by atoms with Crippen molar-refractivity contribution >= 4 is 0 Å². The second kappa shape index (κ2) is 22.7. The van der Waals surface area contributed by atoms with Gasteiger partial charge in [-0.3, -0.25) is 0 Å². The van der Waals surface area contributed by atoms with Crippen LogP contribution in [0.1, 0.15) is 113 Å². The Kier molecular flexibility index (Phi) is 18.1. The van der Waals surface area contributed by atoms with Crippen molar-refractivity contribution in [3.63, 3.8) is 0 Å². The lowest BCUT2D eigenvalue weighted by atomic mass is 9.35. The highest BCUT2D eigenvalue weighted by molar-refractivity contribution is 5.20. The molecule has 0 bridgehead atoms. The molecular weight excluding hydrogens is 989 g/mol. The van der Waals surface area contributed by atoms with Gasteiger partial charge in [-0.2, -0.15) is 0 Å². The van der Waals surface area contributed by atoms with E-state index in [0.29, 0.717) is 38.5 Å². The summed E-state index contributed by atoms with van der Waals surface area (Å²) in [6.45, 7) is 15.1. The van der Waals surface area contributed by atoms with Crippen molar-refractivity contribution in [2.45, 2.75) is 248 Å². The third-order valence-corrected chi connectivity index (χ3v) is 20.5. The third kappa shape index (κ3) is 10.6. The monoisotopic (exact) mass is 1080 g/mol. The van der Waals surface area contributed by atoms with Gasteiger partial charge in [0.15, 0.2) is 25.2 Å². The summed E-state index contributed by atoms with van der Waals surface area (Å²) in [7, 11) is 0. The van der Waals surface area contributed by atoms with Crippen LogP contribution in [0.25, 0.3) is 0 Å². The summed E-state index contributed by atoms with van der Waals surface area (Å²) >= 11 is 0. The van der Waals surface area contributed by atoms with Gasteiger partial charge in [0, 0.05) is 0 Å². The minimum absolute atomic E-state index is 0.0508. The van der Waals surface area contributed by atoms with Crippen molar-refractivity contribution in [2.75, 3.05) is 26.4 Å². The number of hydrogen-bond acceptors (Lipinski definition) is 22. The van der Waals surface area contributed by atoms with Gasteiger partial charge in [-0.15, -0.1) is 0 Å². The van der Waals surface area contributed by atoms with E-state index in [9.17, 15) is 71.5 Å². The van der Waals surface area contributed by atoms with Crippen LogP contribution >= 0.6 is 0 Å². The number of rotatable bonds is 15. The zero-order chi connectivity index (χ0) is 55.1. The second-order valence-electron chi connectivity index (χ2n) is 25.3. The van der Waals surface area contributed by atoms with Gasteiger partial charge in [-0.25, -0.2) is 0 Å². The molecule has 22 nitrogen and oxygen atoms in total. The first-order chi connectivity index (χ1) is 35.1. The molecule has 0 aromatic rings. The maximum atomic E-state index is 12.8. The van der Waals surface area contributed by atoms with Crippen molar-refractivity contribution in [1.29, 1.82) is 0 Å². The van der Waals surface area contributed by atoms with E-state index in [2.05, 4.69) is 40.7 Å². The van der Waals surface area contributed by atoms with Crippen molar-refractivity contribution < 1.29 is 109 Å². The van der Waals surface area contributed by atoms with Gasteiger partial charge < -0.3 is 109 Å². The summed E-state index contributed by atoms with van der Waals surface area (Å²) in [6, 6.07) is 0. The molecule has 0 radical (unpaired) electrons. The lowest BCUT2D eigenvalue weighted by Crippen LogP contribution is -2.68. The molecule has 0 spiro atoms. The predicted molar refractivity (Wildman–Crippen MR) is 260 cm³/mol. The van der Waals surface area contributed by atoms with E-state index in [-0.39, 0.29) is 41.1 Å². The Morgan fingerprint density at radius 2 is 1.16 bits per heavy atom. The first-order valence-electron chi connectivity index (χ1n) is 27.3. The van der Waals surface area contributed by atoms with Gasteiger partial charge in [0.05, 0.1) is 44.2 Å². The van der Waals surface area contributed by atoms with E-state index in [1.807, 2.05) is 20.8 Å². The van der Waals surface area contributed by atoms with Crippen molar-refractivity contribution in [1.82, 2.24) is 0 Å². The Morgan fingerprint density at radius 1 is 0.587 bits per heavy atom. The SMILES string of the molecule is CC(C)=CCC[C@](C)(O[C@@H]1O[C@H](CO[C@@H]2OC[C@H](O)[C@@H](O)[C@H]2O)[C@H](O)[C@H](O)[C@H]1O)[C@H]1CC[C@]2(C)[C@@H]1[C@H](O)C[C@H]1[C@@]3(C)CC[C@H](O[C@@H]4O[C@H](CO)[C@@H](O)[C@H](O)[C@@H]4O[C@@H]4O[C@H](CO)[C@@H](O)[C@H](O)[C@@H]4O)C(C)(C)[C@@H]3CC[C@]12C. The lowest BCUT2D eigenvalue weighted by Gasteiger charge is -2.71. The van der Waals surface area contributed by atoms with Gasteiger partial charge in [-0.05, 0) is 124 Å². The fourth-order valence-electron chi connectivity index (χ4n) is 16.0. The molecule has 8 fully saturated rings. The van der Waals surface area contributed by atoms with Crippen LogP contribution in [0.3, 0.4) is 0 Å². The van der Waals surface area contributed by atoms with Crippen LogP contribution in [-0.2, 0) is 37.9 Å². The molecule has 29 atom stereocenters. The summed E-state index contributed by atoms with van der Waals surface area (Å²) in [5.74, 6) is -0.395. The van der Waals surface area contributed by atoms with Gasteiger partial charge >= 0.3 is 0 Å². The quantitative estimate of drug-likeness (QED) is 0.0651. The summed E-state index contributed by atoms with van der Waals surface area (Å²) in [5, 5.41) is 151. The molecule has 14 N–H and O–H groups in total. The van der Waals surface area contributed by atoms with E-state index in [1.54, 1.807) is 0 Å². The highest BCUT2D eigenvalue weighted by atomic mass is 16.8. The third-order valence-electron chi connectivity index (χ3n) is 20.5. The maximum Gasteiger partial charge on any atom is 0.187 e. The normalized spacial score (nSPS) is 52.7. The largest absolute Gasteiger partial charge is 0.394 e. The molecule has 22 heteroatoms. The topological polar surface area (TPSA) is 357 Å². The van der Waals surface area contributed by atoms with Crippen molar-refractivity contribution in [2.24, 2.45) is 45.3 Å². The number of fused-ring (bicyclic) bond motifs is 5. The minimum Gasteiger partial charge on any atom is -0.394 e. The number of aliphatic hydroxyl groups excluding tert-OH is 14. The lowest BCUT2D eigenvalue weighted by molar-refractivity contribution is -0.378. The molecule has 0 amide bonds. The summed E-state index contributed by atoms with van der Waals surface area (Å²) in [6.07, 6.45) is -22.6. The average Bonchev–Trinajstić information content (AvgIpc) is 3.75. The zero-order valence-corrected chi connectivity index (χ0v) is 44.7. The molecule has 0 unspecified atom stereocenters. The standard InChI is InChI=1S/C53H90O22/c1-23(2)10-9-14-53(8,75-47-43(67)39(63)37(61)29(72-47)22-69-45-41(65)34(58)26(57)21-68-45)24-11-16-52(7)33(24)25(56)18-31-50(5)15-13-32(49(3,4)30(50)12-17-51(31,52)6)73-48-44(40(64)36(60)28(20-55)71-48)74-46-42(66)38(62)35(59)27(19-54)70-46/h10,24-48,54-67H,9,11-22H2,1-8H3/t24-,25+,26-,27+,28+,29+,30-,31-,32-,33-,34+,35+,36+,37-,38-,39-,40-,41+,42-,43+,44-,45-,46-,47-,48-,50-,51+,52+,53-/m0/s1. The van der Waals surface area contributed by atoms with Crippen LogP contribution in [0.4, 0.5) is 0 Å². The smallest absolute Gasteiger partial charge is 0.187 e. The predicted octanol–water partition coefficient (Wildman–Crippen LogP) is -1.56. The summed E-state index contributed by atoms with van der Waals surface area (Å²) in [4.78, 5) is 0. The molecule has 4 heterocycles. The van der Waals surface area contributed by atoms with Crippen molar-refractivity contribution in [3.8, 4) is 0 Å². The maximum absolute atomic E-state index is 12.8. The molecule has 4 saturated heterocycles. The van der Waals surface area contributed by atoms with Crippen LogP contribution in [0.2, 0.25) is 0 Å². The van der Waals surface area contributed by atoms with Gasteiger partial charge in [0.25, 0.3) is 0 Å². The summed E-state index contributed by atoms with van der Waals surface area (Å²) in [5.41, 5.74) is -1.48. The number of ether oxygens (including phenoxy) is 8. The van der Waals surface area contributed by atoms with E-state index in [1.165, 1.54) is 0 Å². The van der Waals surface area contributed by atoms with Crippen LogP contribution in [0, 0.1) is 45.3 Å². The molecule has 0 aromatic carbocycles. The molecule has 75 heavy (non-hydrogen) atoms. The number of hydrogen-bond donors (Lipinski definition) is 14. The molecule has 0 aromatic heterocycles. The fraction of sp³-hybridized carbons (Fsp3) is 0.962. The van der Waals surface area contributed by atoms with Crippen LogP contribution in [0.15, 0.2) is 11.6 Å². The van der Waals surface area contributed by atoms with Gasteiger partial charge in [-0.1, -0.05) is 46.3 Å². The molecule has 434 valence electrons. The first-order valence-corrected chi connectivity index (χ1v) is 27.3. The molecule has 8 rings (SSSR count). The zero-order valence-electron chi connectivity index (χ0n) is 44.7. The Morgan fingerprint density at radius 3 is 1.80 bits per heavy atom. The Balaban J connectivity index is 1.01. The average molecular weight is 1080 g/mol. The Hall–Kier alpha value is -1.14. The first kappa shape index (κ1) is 60.0. The molecule has 8 aliphatic rings. The number of allylic oxidation sites excluding steroid dienone is 2. The van der Waals surface area contributed by atoms with Crippen molar-refractivity contribution in [3.05, 3.63) is 11.6 Å².